The second-order valence-electron chi connectivity index (χ2n) is 5.83. The second kappa shape index (κ2) is 6.76. The van der Waals surface area contributed by atoms with E-state index in [4.69, 9.17) is 10.5 Å². The number of fused-ring (bicyclic) bond motifs is 1. The number of pyridine rings is 1. The van der Waals surface area contributed by atoms with Gasteiger partial charge in [0.15, 0.2) is 0 Å². The number of nitrogen functional groups attached to an aromatic ring is 1. The lowest BCUT2D eigenvalue weighted by atomic mass is 10.2. The fraction of sp³-hybridized carbons (Fsp3) is 0.471. The van der Waals surface area contributed by atoms with Crippen LogP contribution in [-0.4, -0.2) is 35.1 Å². The van der Waals surface area contributed by atoms with Crippen LogP contribution >= 0.6 is 0 Å². The molecule has 0 spiro atoms. The molecule has 2 aromatic rings. The van der Waals surface area contributed by atoms with Gasteiger partial charge >= 0.3 is 0 Å². The number of nitrogens with two attached hydrogens (primary N) is 1. The summed E-state index contributed by atoms with van der Waals surface area (Å²) in [5, 5.41) is 0.971. The van der Waals surface area contributed by atoms with Crippen LogP contribution in [0, 0.1) is 0 Å². The van der Waals surface area contributed by atoms with Crippen molar-refractivity contribution in [3.63, 3.8) is 0 Å². The lowest BCUT2D eigenvalue weighted by Gasteiger charge is -2.30. The molecule has 2 N–H and O–H groups in total. The minimum Gasteiger partial charge on any atom is -0.491 e. The van der Waals surface area contributed by atoms with Crippen molar-refractivity contribution in [2.45, 2.75) is 39.8 Å². The highest BCUT2D eigenvalue weighted by molar-refractivity contribution is 5.93. The number of para-hydroxylation sites is 1. The molecule has 1 heterocycles. The quantitative estimate of drug-likeness (QED) is 0.828. The van der Waals surface area contributed by atoms with Gasteiger partial charge < -0.3 is 10.5 Å². The van der Waals surface area contributed by atoms with E-state index in [2.05, 4.69) is 37.6 Å². The first kappa shape index (κ1) is 15.6. The van der Waals surface area contributed by atoms with Crippen LogP contribution in [-0.2, 0) is 0 Å². The van der Waals surface area contributed by atoms with Gasteiger partial charge in [0.1, 0.15) is 12.4 Å². The molecule has 0 fully saturated rings. The van der Waals surface area contributed by atoms with Crippen molar-refractivity contribution in [1.82, 2.24) is 9.88 Å². The van der Waals surface area contributed by atoms with E-state index in [1.165, 1.54) is 0 Å². The van der Waals surface area contributed by atoms with Gasteiger partial charge in [0.05, 0.1) is 11.2 Å². The maximum absolute atomic E-state index is 5.97. The number of rotatable bonds is 6. The Morgan fingerprint density at radius 2 is 1.86 bits per heavy atom. The van der Waals surface area contributed by atoms with Crippen molar-refractivity contribution in [2.24, 2.45) is 0 Å². The first-order chi connectivity index (χ1) is 10.0. The smallest absolute Gasteiger partial charge is 0.130 e. The minimum atomic E-state index is 0.512. The highest BCUT2D eigenvalue weighted by Crippen LogP contribution is 2.27. The molecule has 0 unspecified atom stereocenters. The van der Waals surface area contributed by atoms with Gasteiger partial charge in [-0.15, -0.1) is 0 Å². The fourth-order valence-corrected chi connectivity index (χ4v) is 2.67. The Labute approximate surface area is 126 Å². The second-order valence-corrected chi connectivity index (χ2v) is 5.83. The SMILES string of the molecule is CC(C)N(CCOc1ccnc2c(N)cccc12)C(C)C. The van der Waals surface area contributed by atoms with Crippen molar-refractivity contribution in [2.75, 3.05) is 18.9 Å². The van der Waals surface area contributed by atoms with Crippen molar-refractivity contribution in [3.05, 3.63) is 30.5 Å². The third kappa shape index (κ3) is 3.64. The normalized spacial score (nSPS) is 11.8. The van der Waals surface area contributed by atoms with E-state index in [1.54, 1.807) is 6.20 Å². The van der Waals surface area contributed by atoms with E-state index in [0.29, 0.717) is 24.4 Å². The molecular formula is C17H25N3O. The average molecular weight is 287 g/mol. The molecule has 2 rings (SSSR count). The van der Waals surface area contributed by atoms with E-state index >= 15 is 0 Å². The zero-order valence-electron chi connectivity index (χ0n) is 13.3. The van der Waals surface area contributed by atoms with E-state index < -0.39 is 0 Å². The molecule has 0 atom stereocenters. The zero-order valence-corrected chi connectivity index (χ0v) is 13.3. The number of anilines is 1. The maximum atomic E-state index is 5.97. The van der Waals surface area contributed by atoms with Crippen molar-refractivity contribution >= 4 is 16.6 Å². The monoisotopic (exact) mass is 287 g/mol. The summed E-state index contributed by atoms with van der Waals surface area (Å²) >= 11 is 0. The predicted octanol–water partition coefficient (Wildman–Crippen LogP) is 3.31. The van der Waals surface area contributed by atoms with Gasteiger partial charge in [-0.3, -0.25) is 9.88 Å². The number of hydrogen-bond donors (Lipinski definition) is 1. The van der Waals surface area contributed by atoms with Gasteiger partial charge in [0, 0.05) is 30.2 Å². The Bertz CT molecular complexity index is 588. The van der Waals surface area contributed by atoms with Crippen LogP contribution < -0.4 is 10.5 Å². The summed E-state index contributed by atoms with van der Waals surface area (Å²) in [6, 6.07) is 8.71. The number of aromatic nitrogens is 1. The Morgan fingerprint density at radius 3 is 2.52 bits per heavy atom. The molecule has 114 valence electrons. The number of nitrogens with zero attached hydrogens (tertiary/aromatic N) is 2. The standard InChI is InChI=1S/C17H25N3O/c1-12(2)20(13(3)4)10-11-21-16-8-9-19-17-14(16)6-5-7-15(17)18/h5-9,12-13H,10-11,18H2,1-4H3. The van der Waals surface area contributed by atoms with Crippen LogP contribution in [0.1, 0.15) is 27.7 Å². The number of ether oxygens (including phenoxy) is 1. The first-order valence-corrected chi connectivity index (χ1v) is 7.52. The Hall–Kier alpha value is -1.81. The molecule has 0 saturated carbocycles. The molecular weight excluding hydrogens is 262 g/mol. The Kier molecular flexibility index (Phi) is 5.02. The average Bonchev–Trinajstić information content (AvgIpc) is 2.43. The van der Waals surface area contributed by atoms with E-state index in [0.717, 1.165) is 23.2 Å². The molecule has 0 saturated heterocycles. The predicted molar refractivity (Wildman–Crippen MR) is 88.6 cm³/mol. The van der Waals surface area contributed by atoms with Crippen molar-refractivity contribution in [1.29, 1.82) is 0 Å². The molecule has 0 radical (unpaired) electrons. The molecule has 0 aliphatic heterocycles. The summed E-state index contributed by atoms with van der Waals surface area (Å²) in [4.78, 5) is 6.74. The largest absolute Gasteiger partial charge is 0.491 e. The lowest BCUT2D eigenvalue weighted by molar-refractivity contribution is 0.142. The Balaban J connectivity index is 2.09. The van der Waals surface area contributed by atoms with Gasteiger partial charge in [0.25, 0.3) is 0 Å². The molecule has 1 aromatic heterocycles. The lowest BCUT2D eigenvalue weighted by Crippen LogP contribution is -2.39. The van der Waals surface area contributed by atoms with Crippen LogP contribution in [0.5, 0.6) is 5.75 Å². The summed E-state index contributed by atoms with van der Waals surface area (Å²) in [7, 11) is 0. The van der Waals surface area contributed by atoms with Gasteiger partial charge in [-0.2, -0.15) is 0 Å². The zero-order chi connectivity index (χ0) is 15.4. The summed E-state index contributed by atoms with van der Waals surface area (Å²) < 4.78 is 5.97. The molecule has 0 bridgehead atoms. The molecule has 1 aromatic carbocycles. The van der Waals surface area contributed by atoms with Crippen LogP contribution in [0.3, 0.4) is 0 Å². The van der Waals surface area contributed by atoms with Crippen LogP contribution in [0.2, 0.25) is 0 Å². The topological polar surface area (TPSA) is 51.4 Å². The molecule has 21 heavy (non-hydrogen) atoms. The van der Waals surface area contributed by atoms with Gasteiger partial charge in [-0.1, -0.05) is 6.07 Å². The van der Waals surface area contributed by atoms with Gasteiger partial charge in [-0.05, 0) is 45.9 Å². The third-order valence-electron chi connectivity index (χ3n) is 3.70. The molecule has 4 heteroatoms. The molecule has 0 aliphatic rings. The minimum absolute atomic E-state index is 0.512. The van der Waals surface area contributed by atoms with Crippen molar-refractivity contribution < 1.29 is 4.74 Å². The summed E-state index contributed by atoms with van der Waals surface area (Å²) in [6.45, 7) is 10.4. The van der Waals surface area contributed by atoms with Crippen molar-refractivity contribution in [3.8, 4) is 5.75 Å². The van der Waals surface area contributed by atoms with Crippen LogP contribution in [0.15, 0.2) is 30.5 Å². The molecule has 0 amide bonds. The summed E-state index contributed by atoms with van der Waals surface area (Å²) in [5.41, 5.74) is 7.44. The molecule has 4 nitrogen and oxygen atoms in total. The van der Waals surface area contributed by atoms with E-state index in [1.807, 2.05) is 24.3 Å². The molecule has 0 aliphatic carbocycles. The van der Waals surface area contributed by atoms with E-state index in [-0.39, 0.29) is 0 Å². The number of hydrogen-bond acceptors (Lipinski definition) is 4. The highest BCUT2D eigenvalue weighted by Gasteiger charge is 2.13. The summed E-state index contributed by atoms with van der Waals surface area (Å²) in [5.74, 6) is 0.847. The fourth-order valence-electron chi connectivity index (χ4n) is 2.67. The van der Waals surface area contributed by atoms with Gasteiger partial charge in [-0.25, -0.2) is 0 Å². The number of benzene rings is 1. The van der Waals surface area contributed by atoms with Crippen LogP contribution in [0.25, 0.3) is 10.9 Å². The maximum Gasteiger partial charge on any atom is 0.130 e. The van der Waals surface area contributed by atoms with E-state index in [9.17, 15) is 0 Å². The highest BCUT2D eigenvalue weighted by atomic mass is 16.5. The first-order valence-electron chi connectivity index (χ1n) is 7.52. The van der Waals surface area contributed by atoms with Crippen LogP contribution in [0.4, 0.5) is 5.69 Å². The van der Waals surface area contributed by atoms with Gasteiger partial charge in [0.2, 0.25) is 0 Å². The summed E-state index contributed by atoms with van der Waals surface area (Å²) in [6.07, 6.45) is 1.75. The third-order valence-corrected chi connectivity index (χ3v) is 3.70. The Morgan fingerprint density at radius 1 is 1.14 bits per heavy atom.